The van der Waals surface area contributed by atoms with Gasteiger partial charge >= 0.3 is 12.4 Å². The number of nitrogens with one attached hydrogen (secondary N) is 1. The highest BCUT2D eigenvalue weighted by Gasteiger charge is 2.59. The molecule has 1 aliphatic rings. The Hall–Kier alpha value is -0.990. The molecule has 0 aromatic rings. The van der Waals surface area contributed by atoms with Crippen LogP contribution in [0.3, 0.4) is 0 Å². The molecule has 3 N–H and O–H groups in total. The van der Waals surface area contributed by atoms with Gasteiger partial charge in [-0.1, -0.05) is 12.8 Å². The highest BCUT2D eigenvalue weighted by molar-refractivity contribution is 5.85. The van der Waals surface area contributed by atoms with Crippen LogP contribution in [0.4, 0.5) is 26.3 Å². The topological polar surface area (TPSA) is 50.4 Å². The van der Waals surface area contributed by atoms with Crippen molar-refractivity contribution >= 4 is 5.84 Å². The second kappa shape index (κ2) is 5.33. The number of hydrogen-bond acceptors (Lipinski definition) is 2. The first kappa shape index (κ1) is 15.1. The van der Waals surface area contributed by atoms with E-state index in [1.165, 1.54) is 5.43 Å². The molecule has 0 heterocycles. The molecule has 0 radical (unpaired) electrons. The molecule has 0 spiro atoms. The Morgan fingerprint density at radius 3 is 1.83 bits per heavy atom. The minimum Gasteiger partial charge on any atom is -0.311 e. The third-order valence-corrected chi connectivity index (χ3v) is 2.72. The highest BCUT2D eigenvalue weighted by atomic mass is 19.4. The van der Waals surface area contributed by atoms with Crippen LogP contribution in [0.25, 0.3) is 0 Å². The first-order valence-electron chi connectivity index (χ1n) is 5.34. The van der Waals surface area contributed by atoms with Crippen LogP contribution in [0, 0.1) is 5.92 Å². The lowest BCUT2D eigenvalue weighted by Gasteiger charge is -2.24. The average molecular weight is 277 g/mol. The number of hydrazine groups is 1. The zero-order valence-corrected chi connectivity index (χ0v) is 9.28. The number of rotatable bonds is 2. The van der Waals surface area contributed by atoms with Gasteiger partial charge in [-0.25, -0.2) is 5.84 Å². The molecular formula is C9H13F6N3. The van der Waals surface area contributed by atoms with Gasteiger partial charge in [-0.2, -0.15) is 26.3 Å². The summed E-state index contributed by atoms with van der Waals surface area (Å²) in [7, 11) is 0. The molecule has 9 heteroatoms. The molecule has 0 unspecified atom stereocenters. The molecule has 18 heavy (non-hydrogen) atoms. The number of aliphatic imine (C=N–C) groups is 1. The molecule has 3 nitrogen and oxygen atoms in total. The molecule has 0 aliphatic heterocycles. The Morgan fingerprint density at radius 1 is 1.06 bits per heavy atom. The van der Waals surface area contributed by atoms with Crippen LogP contribution in [0.2, 0.25) is 0 Å². The Balaban J connectivity index is 3.01. The Kier molecular flexibility index (Phi) is 4.46. The normalized spacial score (nSPS) is 19.7. The third kappa shape index (κ3) is 3.76. The summed E-state index contributed by atoms with van der Waals surface area (Å²) in [6, 6.07) is -0.525. The van der Waals surface area contributed by atoms with E-state index in [1.807, 2.05) is 0 Å². The molecule has 0 amide bonds. The fraction of sp³-hybridized carbons (Fsp3) is 0.889. The SMILES string of the molecule is NNC(=NC1CCCC1)C(C(F)(F)F)C(F)(F)F. The lowest BCUT2D eigenvalue weighted by Crippen LogP contribution is -2.50. The molecule has 106 valence electrons. The Bertz CT molecular complexity index is 288. The van der Waals surface area contributed by atoms with E-state index in [-0.39, 0.29) is 0 Å². The number of amidine groups is 1. The molecule has 0 saturated heterocycles. The second-order valence-electron chi connectivity index (χ2n) is 4.11. The van der Waals surface area contributed by atoms with Gasteiger partial charge in [0.15, 0.2) is 0 Å². The summed E-state index contributed by atoms with van der Waals surface area (Å²) in [5, 5.41) is 0. The second-order valence-corrected chi connectivity index (χ2v) is 4.11. The minimum atomic E-state index is -5.47. The summed E-state index contributed by atoms with van der Waals surface area (Å²) in [6.07, 6.45) is -8.49. The maximum atomic E-state index is 12.4. The maximum Gasteiger partial charge on any atom is 0.407 e. The zero-order chi connectivity index (χ0) is 14.0. The summed E-state index contributed by atoms with van der Waals surface area (Å²) >= 11 is 0. The lowest BCUT2D eigenvalue weighted by atomic mass is 10.1. The Morgan fingerprint density at radius 2 is 1.50 bits per heavy atom. The average Bonchev–Trinajstić information content (AvgIpc) is 2.64. The van der Waals surface area contributed by atoms with Gasteiger partial charge in [-0.3, -0.25) is 4.99 Å². The van der Waals surface area contributed by atoms with Gasteiger partial charge in [0.2, 0.25) is 5.92 Å². The maximum absolute atomic E-state index is 12.4. The predicted molar refractivity (Wildman–Crippen MR) is 52.6 cm³/mol. The smallest absolute Gasteiger partial charge is 0.311 e. The standard InChI is InChI=1S/C9H13F6N3/c10-8(11,12)6(9(13,14)15)7(18-16)17-5-3-1-2-4-5/h5-6H,1-4,16H2,(H,17,18). The van der Waals surface area contributed by atoms with Crippen molar-refractivity contribution in [2.24, 2.45) is 16.8 Å². The van der Waals surface area contributed by atoms with Gasteiger partial charge in [-0.05, 0) is 12.8 Å². The fourth-order valence-electron chi connectivity index (χ4n) is 1.92. The van der Waals surface area contributed by atoms with Crippen molar-refractivity contribution in [3.63, 3.8) is 0 Å². The summed E-state index contributed by atoms with van der Waals surface area (Å²) < 4.78 is 74.6. The number of alkyl halides is 6. The number of hydrogen-bond donors (Lipinski definition) is 2. The van der Waals surface area contributed by atoms with E-state index in [1.54, 1.807) is 0 Å². The lowest BCUT2D eigenvalue weighted by molar-refractivity contribution is -0.261. The van der Waals surface area contributed by atoms with Crippen molar-refractivity contribution in [3.05, 3.63) is 0 Å². The van der Waals surface area contributed by atoms with E-state index >= 15 is 0 Å². The van der Waals surface area contributed by atoms with Gasteiger partial charge in [0.1, 0.15) is 5.84 Å². The summed E-state index contributed by atoms with van der Waals surface area (Å²) in [5.74, 6) is -0.155. The predicted octanol–water partition coefficient (Wildman–Crippen LogP) is 2.53. The van der Waals surface area contributed by atoms with Gasteiger partial charge in [0.05, 0.1) is 6.04 Å². The van der Waals surface area contributed by atoms with Crippen LogP contribution in [0.1, 0.15) is 25.7 Å². The molecule has 1 aliphatic carbocycles. The third-order valence-electron chi connectivity index (χ3n) is 2.72. The van der Waals surface area contributed by atoms with Gasteiger partial charge in [-0.15, -0.1) is 0 Å². The van der Waals surface area contributed by atoms with Crippen LogP contribution in [0.15, 0.2) is 4.99 Å². The van der Waals surface area contributed by atoms with E-state index in [2.05, 4.69) is 4.99 Å². The van der Waals surface area contributed by atoms with E-state index in [4.69, 9.17) is 5.84 Å². The fourth-order valence-corrected chi connectivity index (χ4v) is 1.92. The molecule has 1 rings (SSSR count). The van der Waals surface area contributed by atoms with E-state index in [0.29, 0.717) is 12.8 Å². The van der Waals surface area contributed by atoms with Crippen LogP contribution < -0.4 is 11.3 Å². The first-order chi connectivity index (χ1) is 8.16. The van der Waals surface area contributed by atoms with E-state index in [0.717, 1.165) is 12.8 Å². The Labute approximate surface area is 99.4 Å². The quantitative estimate of drug-likeness (QED) is 0.268. The summed E-state index contributed by atoms with van der Waals surface area (Å²) in [6.45, 7) is 0. The van der Waals surface area contributed by atoms with Gasteiger partial charge in [0.25, 0.3) is 0 Å². The highest BCUT2D eigenvalue weighted by Crippen LogP contribution is 2.40. The van der Waals surface area contributed by atoms with Crippen molar-refractivity contribution in [2.45, 2.75) is 44.1 Å². The summed E-state index contributed by atoms with van der Waals surface area (Å²) in [5.41, 5.74) is 1.45. The van der Waals surface area contributed by atoms with Crippen molar-refractivity contribution in [1.29, 1.82) is 0 Å². The molecule has 1 saturated carbocycles. The first-order valence-corrected chi connectivity index (χ1v) is 5.34. The van der Waals surface area contributed by atoms with Crippen LogP contribution in [0.5, 0.6) is 0 Å². The molecule has 0 bridgehead atoms. The van der Waals surface area contributed by atoms with Gasteiger partial charge in [0, 0.05) is 0 Å². The van der Waals surface area contributed by atoms with Crippen molar-refractivity contribution in [1.82, 2.24) is 5.43 Å². The molecule has 0 atom stereocenters. The molecular weight excluding hydrogens is 264 g/mol. The minimum absolute atomic E-state index is 0.480. The van der Waals surface area contributed by atoms with Crippen molar-refractivity contribution in [2.75, 3.05) is 0 Å². The zero-order valence-electron chi connectivity index (χ0n) is 9.28. The monoisotopic (exact) mass is 277 g/mol. The number of halogens is 6. The summed E-state index contributed by atoms with van der Waals surface area (Å²) in [4.78, 5) is 3.47. The van der Waals surface area contributed by atoms with Gasteiger partial charge < -0.3 is 5.43 Å². The van der Waals surface area contributed by atoms with Crippen molar-refractivity contribution < 1.29 is 26.3 Å². The van der Waals surface area contributed by atoms with Crippen LogP contribution in [-0.2, 0) is 0 Å². The number of nitrogens with zero attached hydrogens (tertiary/aromatic N) is 1. The van der Waals surface area contributed by atoms with Crippen LogP contribution >= 0.6 is 0 Å². The molecule has 0 aromatic heterocycles. The van der Waals surface area contributed by atoms with E-state index in [9.17, 15) is 26.3 Å². The largest absolute Gasteiger partial charge is 0.407 e. The number of nitrogens with two attached hydrogens (primary N) is 1. The van der Waals surface area contributed by atoms with Crippen molar-refractivity contribution in [3.8, 4) is 0 Å². The molecule has 0 aromatic carbocycles. The van der Waals surface area contributed by atoms with E-state index < -0.39 is 30.1 Å². The van der Waals surface area contributed by atoms with Crippen LogP contribution in [-0.4, -0.2) is 24.2 Å². The molecule has 1 fully saturated rings.